The molecule has 1 atom stereocenters. The molecule has 3 amide bonds. The van der Waals surface area contributed by atoms with E-state index < -0.39 is 39.9 Å². The van der Waals surface area contributed by atoms with Crippen LogP contribution >= 0.6 is 0 Å². The van der Waals surface area contributed by atoms with Gasteiger partial charge in [0.15, 0.2) is 5.54 Å². The van der Waals surface area contributed by atoms with Gasteiger partial charge in [-0.05, 0) is 27.7 Å². The van der Waals surface area contributed by atoms with Crippen molar-refractivity contribution in [2.75, 3.05) is 0 Å². The zero-order valence-corrected chi connectivity index (χ0v) is 15.9. The summed E-state index contributed by atoms with van der Waals surface area (Å²) in [6, 6.07) is 0.699. The molecule has 1 unspecified atom stereocenters. The summed E-state index contributed by atoms with van der Waals surface area (Å²) in [6.45, 7) is 7.13. The number of aromatic nitrogens is 2. The summed E-state index contributed by atoms with van der Waals surface area (Å²) in [5, 5.41) is 2.80. The minimum absolute atomic E-state index is 0.162. The van der Waals surface area contributed by atoms with Crippen LogP contribution in [0.5, 0.6) is 0 Å². The van der Waals surface area contributed by atoms with Crippen molar-refractivity contribution in [3.05, 3.63) is 32.6 Å². The fraction of sp³-hybridized carbons (Fsp3) is 0.647. The number of amides is 3. The molecule has 2 aliphatic rings. The van der Waals surface area contributed by atoms with Crippen molar-refractivity contribution >= 4 is 11.9 Å². The molecule has 1 aromatic rings. The second-order valence-corrected chi connectivity index (χ2v) is 8.15. The minimum atomic E-state index is -1.17. The second kappa shape index (κ2) is 5.29. The summed E-state index contributed by atoms with van der Waals surface area (Å²) < 4.78 is 8.22. The van der Waals surface area contributed by atoms with Crippen LogP contribution in [0.1, 0.15) is 39.8 Å². The molecule has 26 heavy (non-hydrogen) atoms. The molecule has 0 radical (unpaired) electrons. The van der Waals surface area contributed by atoms with Crippen LogP contribution in [0.2, 0.25) is 0 Å². The van der Waals surface area contributed by atoms with Gasteiger partial charge in [0, 0.05) is 32.3 Å². The Bertz CT molecular complexity index is 926. The van der Waals surface area contributed by atoms with Crippen LogP contribution in [-0.2, 0) is 30.2 Å². The van der Waals surface area contributed by atoms with Gasteiger partial charge in [-0.3, -0.25) is 23.6 Å². The number of ether oxygens (including phenoxy) is 1. The van der Waals surface area contributed by atoms with E-state index in [1.165, 1.54) is 24.7 Å². The Morgan fingerprint density at radius 2 is 1.69 bits per heavy atom. The summed E-state index contributed by atoms with van der Waals surface area (Å²) in [5.41, 5.74) is -3.36. The van der Waals surface area contributed by atoms with Crippen molar-refractivity contribution in [3.8, 4) is 0 Å². The molecule has 3 heterocycles. The first kappa shape index (κ1) is 18.4. The van der Waals surface area contributed by atoms with Crippen molar-refractivity contribution in [1.29, 1.82) is 0 Å². The minimum Gasteiger partial charge on any atom is -0.367 e. The highest BCUT2D eigenvalue weighted by Gasteiger charge is 2.67. The first-order chi connectivity index (χ1) is 11.8. The molecular weight excluding hydrogens is 340 g/mol. The number of rotatable bonds is 2. The number of carbonyl (C=O) groups excluding carboxylic acids is 2. The molecule has 1 N–H and O–H groups in total. The third-order valence-electron chi connectivity index (χ3n) is 5.37. The average Bonchev–Trinajstić information content (AvgIpc) is 2.85. The summed E-state index contributed by atoms with van der Waals surface area (Å²) in [7, 11) is 2.87. The summed E-state index contributed by atoms with van der Waals surface area (Å²) >= 11 is 0. The van der Waals surface area contributed by atoms with Crippen LogP contribution in [0.4, 0.5) is 4.79 Å². The Labute approximate surface area is 150 Å². The van der Waals surface area contributed by atoms with E-state index >= 15 is 0 Å². The number of nitrogens with zero attached hydrogens (tertiary/aromatic N) is 3. The van der Waals surface area contributed by atoms with Crippen molar-refractivity contribution in [1.82, 2.24) is 19.4 Å². The van der Waals surface area contributed by atoms with E-state index in [4.69, 9.17) is 4.74 Å². The molecular formula is C17H24N4O5. The van der Waals surface area contributed by atoms with Crippen LogP contribution < -0.4 is 16.6 Å². The number of imide groups is 1. The SMILES string of the molecule is Cn1c(CN2C(=O)NC3(CC(C)(C)OC3(C)C)C2=O)cc(=O)n(C)c1=O. The molecule has 1 spiro atoms. The van der Waals surface area contributed by atoms with Crippen LogP contribution in [-0.4, -0.2) is 42.7 Å². The average molecular weight is 364 g/mol. The van der Waals surface area contributed by atoms with Gasteiger partial charge in [-0.1, -0.05) is 0 Å². The third kappa shape index (κ3) is 2.41. The van der Waals surface area contributed by atoms with Gasteiger partial charge < -0.3 is 10.1 Å². The molecule has 2 aliphatic heterocycles. The lowest BCUT2D eigenvalue weighted by Gasteiger charge is -2.33. The van der Waals surface area contributed by atoms with E-state index in [0.29, 0.717) is 6.42 Å². The fourth-order valence-electron chi connectivity index (χ4n) is 4.05. The topological polar surface area (TPSA) is 103 Å². The first-order valence-corrected chi connectivity index (χ1v) is 8.42. The van der Waals surface area contributed by atoms with Crippen LogP contribution in [0.25, 0.3) is 0 Å². The summed E-state index contributed by atoms with van der Waals surface area (Å²) in [6.07, 6.45) is 0.337. The Balaban J connectivity index is 2.00. The van der Waals surface area contributed by atoms with E-state index in [1.54, 1.807) is 13.8 Å². The smallest absolute Gasteiger partial charge is 0.330 e. The monoisotopic (exact) mass is 364 g/mol. The molecule has 2 saturated heterocycles. The van der Waals surface area contributed by atoms with Gasteiger partial charge in [0.1, 0.15) is 0 Å². The van der Waals surface area contributed by atoms with Crippen LogP contribution in [0, 0.1) is 0 Å². The van der Waals surface area contributed by atoms with Gasteiger partial charge in [-0.2, -0.15) is 0 Å². The molecule has 9 heteroatoms. The Hall–Kier alpha value is -2.42. The maximum Gasteiger partial charge on any atom is 0.330 e. The maximum absolute atomic E-state index is 13.2. The van der Waals surface area contributed by atoms with E-state index in [0.717, 1.165) is 9.47 Å². The molecule has 2 fully saturated rings. The van der Waals surface area contributed by atoms with Crippen LogP contribution in [0.15, 0.2) is 15.7 Å². The van der Waals surface area contributed by atoms with Gasteiger partial charge >= 0.3 is 11.7 Å². The molecule has 1 aromatic heterocycles. The Morgan fingerprint density at radius 1 is 1.08 bits per heavy atom. The second-order valence-electron chi connectivity index (χ2n) is 8.15. The van der Waals surface area contributed by atoms with Crippen molar-refractivity contribution in [2.24, 2.45) is 14.1 Å². The zero-order valence-electron chi connectivity index (χ0n) is 15.9. The highest BCUT2D eigenvalue weighted by molar-refractivity contribution is 6.08. The number of hydrogen-bond acceptors (Lipinski definition) is 5. The van der Waals surface area contributed by atoms with Gasteiger partial charge in [0.2, 0.25) is 0 Å². The lowest BCUT2D eigenvalue weighted by atomic mass is 9.79. The highest BCUT2D eigenvalue weighted by atomic mass is 16.5. The van der Waals surface area contributed by atoms with Gasteiger partial charge in [-0.15, -0.1) is 0 Å². The lowest BCUT2D eigenvalue weighted by molar-refractivity contribution is -0.138. The zero-order chi connectivity index (χ0) is 19.7. The van der Waals surface area contributed by atoms with Crippen molar-refractivity contribution < 1.29 is 14.3 Å². The quantitative estimate of drug-likeness (QED) is 0.736. The lowest BCUT2D eigenvalue weighted by Crippen LogP contribution is -2.59. The molecule has 0 bridgehead atoms. The first-order valence-electron chi connectivity index (χ1n) is 8.42. The summed E-state index contributed by atoms with van der Waals surface area (Å²) in [5.74, 6) is -0.411. The maximum atomic E-state index is 13.2. The van der Waals surface area contributed by atoms with E-state index in [-0.39, 0.29) is 12.2 Å². The standard InChI is InChI=1S/C17H24N4O5/c1-15(2)9-17(16(3,4)26-15)12(23)21(13(24)18-17)8-10-7-11(22)20(6)14(25)19(10)5/h7H,8-9H2,1-6H3,(H,18,24). The predicted octanol–water partition coefficient (Wildman–Crippen LogP) is -0.148. The fourth-order valence-corrected chi connectivity index (χ4v) is 4.05. The predicted molar refractivity (Wildman–Crippen MR) is 92.6 cm³/mol. The molecule has 0 saturated carbocycles. The Morgan fingerprint density at radius 3 is 2.23 bits per heavy atom. The van der Waals surface area contributed by atoms with Crippen molar-refractivity contribution in [2.45, 2.75) is 57.4 Å². The number of hydrogen-bond donors (Lipinski definition) is 1. The van der Waals surface area contributed by atoms with Crippen molar-refractivity contribution in [3.63, 3.8) is 0 Å². The largest absolute Gasteiger partial charge is 0.367 e. The molecule has 3 rings (SSSR count). The van der Waals surface area contributed by atoms with Gasteiger partial charge in [0.25, 0.3) is 11.5 Å². The third-order valence-corrected chi connectivity index (χ3v) is 5.37. The molecule has 9 nitrogen and oxygen atoms in total. The van der Waals surface area contributed by atoms with Gasteiger partial charge in [0.05, 0.1) is 17.7 Å². The summed E-state index contributed by atoms with van der Waals surface area (Å²) in [4.78, 5) is 50.8. The van der Waals surface area contributed by atoms with E-state index in [2.05, 4.69) is 5.32 Å². The molecule has 0 aliphatic carbocycles. The number of carbonyl (C=O) groups is 2. The normalized spacial score (nSPS) is 26.6. The number of nitrogens with one attached hydrogen (secondary N) is 1. The van der Waals surface area contributed by atoms with E-state index in [1.807, 2.05) is 13.8 Å². The molecule has 0 aromatic carbocycles. The van der Waals surface area contributed by atoms with Crippen LogP contribution in [0.3, 0.4) is 0 Å². The van der Waals surface area contributed by atoms with Gasteiger partial charge in [-0.25, -0.2) is 9.59 Å². The highest BCUT2D eigenvalue weighted by Crippen LogP contribution is 2.48. The molecule has 142 valence electrons. The van der Waals surface area contributed by atoms with E-state index in [9.17, 15) is 19.2 Å². The number of urea groups is 1. The Kier molecular flexibility index (Phi) is 3.74.